The maximum atomic E-state index is 12.4. The lowest BCUT2D eigenvalue weighted by molar-refractivity contribution is 0.00695. The highest BCUT2D eigenvalue weighted by Crippen LogP contribution is 2.38. The van der Waals surface area contributed by atoms with Gasteiger partial charge in [-0.2, -0.15) is 0 Å². The standard InChI is InChI=1S/C30H28N4O6S2/c1-16-22(31-26(41-16)17-7-9-18(10-8-17)27(35)40-30(2,3)4)15-38-23-11-19(36-5)12-24-20(23)13-25(39-24)21-14-34-28(32-21)42-29(33-34)37-6/h7-14H,15H2,1-6H3. The second-order valence-electron chi connectivity index (χ2n) is 10.5. The molecule has 0 atom stereocenters. The molecule has 4 heterocycles. The van der Waals surface area contributed by atoms with Gasteiger partial charge in [0.1, 0.15) is 40.0 Å². The molecular weight excluding hydrogens is 576 g/mol. The summed E-state index contributed by atoms with van der Waals surface area (Å²) in [4.78, 5) is 23.6. The lowest BCUT2D eigenvalue weighted by Gasteiger charge is -2.19. The van der Waals surface area contributed by atoms with Crippen LogP contribution in [-0.2, 0) is 11.3 Å². The van der Waals surface area contributed by atoms with Gasteiger partial charge >= 0.3 is 5.97 Å². The molecule has 0 aliphatic carbocycles. The number of thiazole rings is 1. The monoisotopic (exact) mass is 604 g/mol. The Bertz CT molecular complexity index is 1880. The molecule has 216 valence electrons. The maximum Gasteiger partial charge on any atom is 0.338 e. The molecule has 0 saturated carbocycles. The lowest BCUT2D eigenvalue weighted by atomic mass is 10.1. The molecular formula is C30H28N4O6S2. The van der Waals surface area contributed by atoms with Gasteiger partial charge in [-0.15, -0.1) is 16.4 Å². The number of imidazole rings is 1. The van der Waals surface area contributed by atoms with E-state index >= 15 is 0 Å². The summed E-state index contributed by atoms with van der Waals surface area (Å²) in [5.74, 6) is 1.45. The van der Waals surface area contributed by atoms with Crippen molar-refractivity contribution in [2.75, 3.05) is 14.2 Å². The van der Waals surface area contributed by atoms with Gasteiger partial charge in [-0.25, -0.2) is 19.3 Å². The topological polar surface area (TPSA) is 110 Å². The molecule has 10 nitrogen and oxygen atoms in total. The Balaban J connectivity index is 1.23. The predicted octanol–water partition coefficient (Wildman–Crippen LogP) is 7.19. The molecule has 0 aliphatic heterocycles. The van der Waals surface area contributed by atoms with Gasteiger partial charge < -0.3 is 23.4 Å². The zero-order valence-corrected chi connectivity index (χ0v) is 25.5. The van der Waals surface area contributed by atoms with Crippen LogP contribution in [0.2, 0.25) is 0 Å². The number of hydrogen-bond acceptors (Lipinski definition) is 11. The minimum atomic E-state index is -0.550. The number of carbonyl (C=O) groups is 1. The summed E-state index contributed by atoms with van der Waals surface area (Å²) in [6.07, 6.45) is 1.80. The smallest absolute Gasteiger partial charge is 0.338 e. The maximum absolute atomic E-state index is 12.4. The summed E-state index contributed by atoms with van der Waals surface area (Å²) in [5.41, 5.74) is 2.94. The molecule has 42 heavy (non-hydrogen) atoms. The number of aromatic nitrogens is 4. The molecule has 0 aliphatic rings. The van der Waals surface area contributed by atoms with E-state index in [0.717, 1.165) is 26.5 Å². The third kappa shape index (κ3) is 5.55. The Labute approximate surface area is 249 Å². The van der Waals surface area contributed by atoms with Crippen LogP contribution in [0.1, 0.15) is 41.7 Å². The number of fused-ring (bicyclic) bond motifs is 2. The van der Waals surface area contributed by atoms with Crippen molar-refractivity contribution in [3.8, 4) is 38.7 Å². The average molecular weight is 605 g/mol. The van der Waals surface area contributed by atoms with E-state index in [1.165, 1.54) is 11.3 Å². The van der Waals surface area contributed by atoms with Crippen molar-refractivity contribution in [3.63, 3.8) is 0 Å². The number of ether oxygens (including phenoxy) is 4. The summed E-state index contributed by atoms with van der Waals surface area (Å²) in [6.45, 7) is 7.81. The van der Waals surface area contributed by atoms with Gasteiger partial charge in [0.15, 0.2) is 5.76 Å². The normalized spacial score (nSPS) is 11.8. The number of rotatable bonds is 8. The molecule has 0 amide bonds. The highest BCUT2D eigenvalue weighted by atomic mass is 32.1. The van der Waals surface area contributed by atoms with Gasteiger partial charge in [0.05, 0.1) is 37.1 Å². The Morgan fingerprint density at radius 1 is 1.02 bits per heavy atom. The van der Waals surface area contributed by atoms with Gasteiger partial charge in [-0.1, -0.05) is 12.1 Å². The third-order valence-corrected chi connectivity index (χ3v) is 8.23. The molecule has 12 heteroatoms. The van der Waals surface area contributed by atoms with Gasteiger partial charge in [0.25, 0.3) is 5.19 Å². The highest BCUT2D eigenvalue weighted by Gasteiger charge is 2.20. The van der Waals surface area contributed by atoms with E-state index in [1.54, 1.807) is 48.4 Å². The van der Waals surface area contributed by atoms with Gasteiger partial charge in [0.2, 0.25) is 4.96 Å². The first-order valence-electron chi connectivity index (χ1n) is 13.1. The van der Waals surface area contributed by atoms with Crippen molar-refractivity contribution in [1.82, 2.24) is 19.6 Å². The number of hydrogen-bond donors (Lipinski definition) is 0. The first-order valence-corrected chi connectivity index (χ1v) is 14.7. The van der Waals surface area contributed by atoms with E-state index in [1.807, 2.05) is 58.0 Å². The van der Waals surface area contributed by atoms with E-state index in [0.29, 0.717) is 44.3 Å². The minimum absolute atomic E-state index is 0.255. The van der Waals surface area contributed by atoms with Gasteiger partial charge in [-0.3, -0.25) is 0 Å². The van der Waals surface area contributed by atoms with Crippen LogP contribution in [0.5, 0.6) is 16.7 Å². The lowest BCUT2D eigenvalue weighted by Crippen LogP contribution is -2.23. The molecule has 0 N–H and O–H groups in total. The SMILES string of the molecule is COc1cc(OCc2nc(-c3ccc(C(=O)OC(C)(C)C)cc3)sc2C)c2cc(-c3cn4nc(OC)sc4n3)oc2c1. The number of carbonyl (C=O) groups excluding carboxylic acids is 1. The second-order valence-corrected chi connectivity index (χ2v) is 12.6. The van der Waals surface area contributed by atoms with Crippen LogP contribution < -0.4 is 14.2 Å². The Morgan fingerprint density at radius 2 is 1.81 bits per heavy atom. The Morgan fingerprint density at radius 3 is 2.50 bits per heavy atom. The third-order valence-electron chi connectivity index (χ3n) is 6.28. The van der Waals surface area contributed by atoms with E-state index in [-0.39, 0.29) is 12.6 Å². The number of nitrogens with zero attached hydrogens (tertiary/aromatic N) is 4. The van der Waals surface area contributed by atoms with Gasteiger partial charge in [0, 0.05) is 22.6 Å². The van der Waals surface area contributed by atoms with Crippen molar-refractivity contribution in [3.05, 3.63) is 64.8 Å². The number of furan rings is 1. The van der Waals surface area contributed by atoms with E-state index in [4.69, 9.17) is 28.3 Å². The zero-order chi connectivity index (χ0) is 29.6. The molecule has 0 bridgehead atoms. The summed E-state index contributed by atoms with van der Waals surface area (Å²) >= 11 is 2.92. The first-order chi connectivity index (χ1) is 20.1. The molecule has 0 radical (unpaired) electrons. The van der Waals surface area contributed by atoms with Crippen LogP contribution in [0, 0.1) is 6.92 Å². The number of benzene rings is 2. The van der Waals surface area contributed by atoms with Crippen molar-refractivity contribution in [2.45, 2.75) is 39.9 Å². The number of methoxy groups -OCH3 is 2. The van der Waals surface area contributed by atoms with Crippen LogP contribution in [-0.4, -0.2) is 45.4 Å². The molecule has 6 aromatic rings. The summed E-state index contributed by atoms with van der Waals surface area (Å²) in [6, 6.07) is 12.8. The molecule has 0 saturated heterocycles. The molecule has 2 aromatic carbocycles. The van der Waals surface area contributed by atoms with E-state index < -0.39 is 5.60 Å². The van der Waals surface area contributed by atoms with Crippen molar-refractivity contribution in [2.24, 2.45) is 0 Å². The predicted molar refractivity (Wildman–Crippen MR) is 161 cm³/mol. The Hall–Kier alpha value is -4.42. The summed E-state index contributed by atoms with van der Waals surface area (Å²) in [7, 11) is 3.18. The second kappa shape index (κ2) is 10.8. The van der Waals surface area contributed by atoms with Gasteiger partial charge in [-0.05, 0) is 57.2 Å². The zero-order valence-electron chi connectivity index (χ0n) is 23.9. The Kier molecular flexibility index (Phi) is 7.11. The van der Waals surface area contributed by atoms with Crippen molar-refractivity contribution < 1.29 is 28.2 Å². The van der Waals surface area contributed by atoms with Crippen LogP contribution in [0.3, 0.4) is 0 Å². The molecule has 4 aromatic heterocycles. The summed E-state index contributed by atoms with van der Waals surface area (Å²) < 4.78 is 30.3. The van der Waals surface area contributed by atoms with Crippen molar-refractivity contribution >= 4 is 44.6 Å². The highest BCUT2D eigenvalue weighted by molar-refractivity contribution is 7.18. The van der Waals surface area contributed by atoms with Crippen molar-refractivity contribution in [1.29, 1.82) is 0 Å². The summed E-state index contributed by atoms with van der Waals surface area (Å²) in [5, 5.41) is 6.50. The quantitative estimate of drug-likeness (QED) is 0.167. The van der Waals surface area contributed by atoms with Crippen LogP contribution >= 0.6 is 22.7 Å². The number of aryl methyl sites for hydroxylation is 1. The number of esters is 1. The molecule has 0 spiro atoms. The molecule has 0 unspecified atom stereocenters. The van der Waals surface area contributed by atoms with Crippen LogP contribution in [0.15, 0.2) is 53.1 Å². The largest absolute Gasteiger partial charge is 0.496 e. The fraction of sp³-hybridized carbons (Fsp3) is 0.267. The molecule has 0 fully saturated rings. The van der Waals surface area contributed by atoms with E-state index in [2.05, 4.69) is 10.1 Å². The minimum Gasteiger partial charge on any atom is -0.496 e. The average Bonchev–Trinajstić information content (AvgIpc) is 3.72. The first kappa shape index (κ1) is 27.7. The fourth-order valence-corrected chi connectivity index (χ4v) is 5.87. The molecule has 6 rings (SSSR count). The van der Waals surface area contributed by atoms with E-state index in [9.17, 15) is 4.79 Å². The van der Waals surface area contributed by atoms with Crippen LogP contribution in [0.4, 0.5) is 0 Å². The van der Waals surface area contributed by atoms with Crippen LogP contribution in [0.25, 0.3) is 38.0 Å². The fourth-order valence-electron chi connectivity index (χ4n) is 4.25.